The van der Waals surface area contributed by atoms with Gasteiger partial charge in [-0.3, -0.25) is 0 Å². The predicted molar refractivity (Wildman–Crippen MR) is 45.9 cm³/mol. The third-order valence-corrected chi connectivity index (χ3v) is 1.53. The molecule has 0 aromatic heterocycles. The molecule has 0 amide bonds. The SMILES string of the molecule is CCOCCOC(C(C)N)C(F)(F)F. The largest absolute Gasteiger partial charge is 0.416 e. The average molecular weight is 215 g/mol. The molecule has 6 heteroatoms. The number of ether oxygens (including phenoxy) is 2. The minimum absolute atomic E-state index is 0.0977. The van der Waals surface area contributed by atoms with Gasteiger partial charge in [-0.05, 0) is 13.8 Å². The maximum atomic E-state index is 12.2. The summed E-state index contributed by atoms with van der Waals surface area (Å²) < 4.78 is 46.1. The van der Waals surface area contributed by atoms with Crippen LogP contribution in [0.4, 0.5) is 13.2 Å². The van der Waals surface area contributed by atoms with Crippen molar-refractivity contribution in [3.8, 4) is 0 Å². The van der Waals surface area contributed by atoms with Crippen LogP contribution in [0.5, 0.6) is 0 Å². The van der Waals surface area contributed by atoms with Gasteiger partial charge >= 0.3 is 6.18 Å². The van der Waals surface area contributed by atoms with Crippen molar-refractivity contribution in [2.45, 2.75) is 32.2 Å². The van der Waals surface area contributed by atoms with Gasteiger partial charge < -0.3 is 15.2 Å². The Hall–Kier alpha value is -0.330. The molecule has 0 saturated carbocycles. The minimum atomic E-state index is -4.42. The first-order valence-electron chi connectivity index (χ1n) is 4.41. The van der Waals surface area contributed by atoms with Crippen LogP contribution in [0.1, 0.15) is 13.8 Å². The predicted octanol–water partition coefficient (Wildman–Crippen LogP) is 1.32. The first-order chi connectivity index (χ1) is 6.39. The molecule has 2 atom stereocenters. The summed E-state index contributed by atoms with van der Waals surface area (Å²) in [6.45, 7) is 3.53. The van der Waals surface area contributed by atoms with Crippen LogP contribution >= 0.6 is 0 Å². The Morgan fingerprint density at radius 3 is 2.21 bits per heavy atom. The number of hydrogen-bond acceptors (Lipinski definition) is 3. The van der Waals surface area contributed by atoms with Crippen LogP contribution in [0.3, 0.4) is 0 Å². The molecule has 0 bridgehead atoms. The molecule has 0 aliphatic carbocycles. The van der Waals surface area contributed by atoms with Crippen molar-refractivity contribution >= 4 is 0 Å². The molecule has 2 unspecified atom stereocenters. The van der Waals surface area contributed by atoms with E-state index in [2.05, 4.69) is 4.74 Å². The van der Waals surface area contributed by atoms with Gasteiger partial charge in [0.15, 0.2) is 6.10 Å². The molecular weight excluding hydrogens is 199 g/mol. The van der Waals surface area contributed by atoms with Crippen LogP contribution in [0, 0.1) is 0 Å². The second-order valence-corrected chi connectivity index (χ2v) is 2.89. The van der Waals surface area contributed by atoms with Gasteiger partial charge in [0.25, 0.3) is 0 Å². The third kappa shape index (κ3) is 5.41. The topological polar surface area (TPSA) is 44.5 Å². The number of alkyl halides is 3. The molecule has 0 aromatic carbocycles. The second-order valence-electron chi connectivity index (χ2n) is 2.89. The summed E-state index contributed by atoms with van der Waals surface area (Å²) in [6, 6.07) is -1.07. The van der Waals surface area contributed by atoms with Gasteiger partial charge in [0.2, 0.25) is 0 Å². The standard InChI is InChI=1S/C8H16F3NO2/c1-3-13-4-5-14-7(6(2)12)8(9,10)11/h6-7H,3-5,12H2,1-2H3. The number of halogens is 3. The summed E-state index contributed by atoms with van der Waals surface area (Å²) in [6.07, 6.45) is -6.33. The first kappa shape index (κ1) is 13.7. The molecule has 86 valence electrons. The molecule has 2 N–H and O–H groups in total. The van der Waals surface area contributed by atoms with Crippen LogP contribution < -0.4 is 5.73 Å². The lowest BCUT2D eigenvalue weighted by atomic mass is 10.2. The highest BCUT2D eigenvalue weighted by Gasteiger charge is 2.42. The van der Waals surface area contributed by atoms with Gasteiger partial charge in [0.1, 0.15) is 0 Å². The average Bonchev–Trinajstić information content (AvgIpc) is 2.01. The van der Waals surface area contributed by atoms with Gasteiger partial charge in [-0.15, -0.1) is 0 Å². The highest BCUT2D eigenvalue weighted by atomic mass is 19.4. The van der Waals surface area contributed by atoms with Crippen LogP contribution in [-0.4, -0.2) is 38.1 Å². The van der Waals surface area contributed by atoms with E-state index in [0.29, 0.717) is 6.61 Å². The lowest BCUT2D eigenvalue weighted by Crippen LogP contribution is -2.45. The normalized spacial score (nSPS) is 16.7. The fourth-order valence-corrected chi connectivity index (χ4v) is 0.923. The molecule has 0 heterocycles. The molecule has 0 fully saturated rings. The van der Waals surface area contributed by atoms with E-state index in [4.69, 9.17) is 10.5 Å². The Labute approximate surface area is 81.4 Å². The number of nitrogens with two attached hydrogens (primary N) is 1. The Kier molecular flexibility index (Phi) is 6.06. The maximum Gasteiger partial charge on any atom is 0.416 e. The van der Waals surface area contributed by atoms with Gasteiger partial charge in [0.05, 0.1) is 13.2 Å². The Morgan fingerprint density at radius 2 is 1.86 bits per heavy atom. The van der Waals surface area contributed by atoms with Crippen molar-refractivity contribution < 1.29 is 22.6 Å². The summed E-state index contributed by atoms with van der Waals surface area (Å²) >= 11 is 0. The van der Waals surface area contributed by atoms with Gasteiger partial charge in [0, 0.05) is 12.6 Å². The van der Waals surface area contributed by atoms with Gasteiger partial charge in [-0.25, -0.2) is 0 Å². The smallest absolute Gasteiger partial charge is 0.379 e. The Balaban J connectivity index is 3.87. The van der Waals surface area contributed by atoms with E-state index in [0.717, 1.165) is 0 Å². The van der Waals surface area contributed by atoms with Crippen LogP contribution in [0.15, 0.2) is 0 Å². The molecule has 0 spiro atoms. The molecule has 0 aromatic rings. The zero-order valence-corrected chi connectivity index (χ0v) is 8.30. The van der Waals surface area contributed by atoms with Crippen molar-refractivity contribution in [1.82, 2.24) is 0 Å². The molecule has 0 radical (unpaired) electrons. The van der Waals surface area contributed by atoms with Crippen LogP contribution in [0.2, 0.25) is 0 Å². The van der Waals surface area contributed by atoms with E-state index in [9.17, 15) is 13.2 Å². The van der Waals surface area contributed by atoms with Crippen molar-refractivity contribution in [1.29, 1.82) is 0 Å². The maximum absolute atomic E-state index is 12.2. The quantitative estimate of drug-likeness (QED) is 0.679. The van der Waals surface area contributed by atoms with Crippen molar-refractivity contribution in [2.24, 2.45) is 5.73 Å². The summed E-state index contributed by atoms with van der Waals surface area (Å²) in [5, 5.41) is 0. The molecule has 0 rings (SSSR count). The fraction of sp³-hybridized carbons (Fsp3) is 1.00. The Bertz CT molecular complexity index is 150. The first-order valence-corrected chi connectivity index (χ1v) is 4.41. The van der Waals surface area contributed by atoms with Gasteiger partial charge in [-0.2, -0.15) is 13.2 Å². The van der Waals surface area contributed by atoms with E-state index in [-0.39, 0.29) is 13.2 Å². The van der Waals surface area contributed by atoms with Crippen molar-refractivity contribution in [3.63, 3.8) is 0 Å². The fourth-order valence-electron chi connectivity index (χ4n) is 0.923. The summed E-state index contributed by atoms with van der Waals surface area (Å²) in [4.78, 5) is 0. The summed E-state index contributed by atoms with van der Waals surface area (Å²) in [7, 11) is 0. The van der Waals surface area contributed by atoms with Crippen molar-refractivity contribution in [3.05, 3.63) is 0 Å². The molecule has 0 aliphatic rings. The number of rotatable bonds is 6. The van der Waals surface area contributed by atoms with Crippen LogP contribution in [0.25, 0.3) is 0 Å². The Morgan fingerprint density at radius 1 is 1.29 bits per heavy atom. The zero-order valence-electron chi connectivity index (χ0n) is 8.30. The highest BCUT2D eigenvalue weighted by molar-refractivity contribution is 4.76. The second kappa shape index (κ2) is 6.21. The molecule has 3 nitrogen and oxygen atoms in total. The van der Waals surface area contributed by atoms with Gasteiger partial charge in [-0.1, -0.05) is 0 Å². The lowest BCUT2D eigenvalue weighted by molar-refractivity contribution is -0.227. The van der Waals surface area contributed by atoms with E-state index >= 15 is 0 Å². The monoisotopic (exact) mass is 215 g/mol. The molecule has 0 aliphatic heterocycles. The van der Waals surface area contributed by atoms with E-state index in [1.54, 1.807) is 6.92 Å². The summed E-state index contributed by atoms with van der Waals surface area (Å²) in [5.41, 5.74) is 5.15. The third-order valence-electron chi connectivity index (χ3n) is 1.53. The minimum Gasteiger partial charge on any atom is -0.379 e. The van der Waals surface area contributed by atoms with E-state index in [1.807, 2.05) is 0 Å². The number of hydrogen-bond donors (Lipinski definition) is 1. The molecule has 14 heavy (non-hydrogen) atoms. The highest BCUT2D eigenvalue weighted by Crippen LogP contribution is 2.24. The van der Waals surface area contributed by atoms with Crippen LogP contribution in [-0.2, 0) is 9.47 Å². The molecular formula is C8H16F3NO2. The van der Waals surface area contributed by atoms with E-state index in [1.165, 1.54) is 6.92 Å². The summed E-state index contributed by atoms with van der Waals surface area (Å²) in [5.74, 6) is 0. The van der Waals surface area contributed by atoms with E-state index < -0.39 is 18.3 Å². The van der Waals surface area contributed by atoms with Crippen molar-refractivity contribution in [2.75, 3.05) is 19.8 Å². The zero-order chi connectivity index (χ0) is 11.2. The lowest BCUT2D eigenvalue weighted by Gasteiger charge is -2.23. The molecule has 0 saturated heterocycles.